The summed E-state index contributed by atoms with van der Waals surface area (Å²) in [6, 6.07) is 0. The number of aliphatic hydroxyl groups excluding tert-OH is 1. The molecular formula is C10H17NOS. The zero-order valence-corrected chi connectivity index (χ0v) is 9.48. The number of aliphatic hydroxyl groups is 1. The molecule has 2 nitrogen and oxygen atoms in total. The van der Waals surface area contributed by atoms with E-state index in [-0.39, 0.29) is 17.9 Å². The SMILES string of the molecule is CC(CO)c1cnc(C(C)(C)C)s1. The van der Waals surface area contributed by atoms with Crippen molar-refractivity contribution in [3.05, 3.63) is 16.1 Å². The second-order valence-corrected chi connectivity index (χ2v) is 5.46. The summed E-state index contributed by atoms with van der Waals surface area (Å²) in [6.07, 6.45) is 1.88. The zero-order chi connectivity index (χ0) is 10.1. The van der Waals surface area contributed by atoms with E-state index in [1.54, 1.807) is 11.3 Å². The van der Waals surface area contributed by atoms with E-state index in [1.807, 2.05) is 13.1 Å². The van der Waals surface area contributed by atoms with Gasteiger partial charge in [-0.3, -0.25) is 0 Å². The van der Waals surface area contributed by atoms with Crippen LogP contribution in [-0.2, 0) is 5.41 Å². The Morgan fingerprint density at radius 1 is 1.54 bits per heavy atom. The highest BCUT2D eigenvalue weighted by molar-refractivity contribution is 7.11. The fraction of sp³-hybridized carbons (Fsp3) is 0.700. The van der Waals surface area contributed by atoms with Crippen LogP contribution in [0.3, 0.4) is 0 Å². The fourth-order valence-electron chi connectivity index (χ4n) is 0.951. The lowest BCUT2D eigenvalue weighted by Crippen LogP contribution is -2.09. The van der Waals surface area contributed by atoms with Crippen LogP contribution in [0.25, 0.3) is 0 Å². The van der Waals surface area contributed by atoms with E-state index < -0.39 is 0 Å². The van der Waals surface area contributed by atoms with Crippen LogP contribution in [0.4, 0.5) is 0 Å². The summed E-state index contributed by atoms with van der Waals surface area (Å²) >= 11 is 1.70. The summed E-state index contributed by atoms with van der Waals surface area (Å²) in [4.78, 5) is 5.54. The molecule has 13 heavy (non-hydrogen) atoms. The van der Waals surface area contributed by atoms with Gasteiger partial charge in [-0.25, -0.2) is 4.98 Å². The largest absolute Gasteiger partial charge is 0.396 e. The molecule has 1 N–H and O–H groups in total. The number of hydrogen-bond donors (Lipinski definition) is 1. The average Bonchev–Trinajstić information content (AvgIpc) is 2.50. The molecule has 0 saturated heterocycles. The van der Waals surface area contributed by atoms with Gasteiger partial charge in [0.2, 0.25) is 0 Å². The molecule has 0 aromatic carbocycles. The Morgan fingerprint density at radius 3 is 2.54 bits per heavy atom. The number of aromatic nitrogens is 1. The average molecular weight is 199 g/mol. The predicted octanol–water partition coefficient (Wildman–Crippen LogP) is 2.54. The van der Waals surface area contributed by atoms with Crippen molar-refractivity contribution in [3.8, 4) is 0 Å². The van der Waals surface area contributed by atoms with Crippen LogP contribution in [0.2, 0.25) is 0 Å². The molecule has 1 aromatic rings. The van der Waals surface area contributed by atoms with Gasteiger partial charge in [-0.15, -0.1) is 11.3 Å². The molecule has 3 heteroatoms. The highest BCUT2D eigenvalue weighted by atomic mass is 32.1. The highest BCUT2D eigenvalue weighted by Crippen LogP contribution is 2.30. The smallest absolute Gasteiger partial charge is 0.0981 e. The molecule has 1 unspecified atom stereocenters. The second kappa shape index (κ2) is 3.76. The Kier molecular flexibility index (Phi) is 3.09. The molecule has 1 atom stereocenters. The maximum Gasteiger partial charge on any atom is 0.0981 e. The van der Waals surface area contributed by atoms with Crippen molar-refractivity contribution < 1.29 is 5.11 Å². The molecule has 74 valence electrons. The Bertz CT molecular complexity index is 275. The Morgan fingerprint density at radius 2 is 2.15 bits per heavy atom. The molecular weight excluding hydrogens is 182 g/mol. The minimum Gasteiger partial charge on any atom is -0.396 e. The Hall–Kier alpha value is -0.410. The minimum atomic E-state index is 0.123. The quantitative estimate of drug-likeness (QED) is 0.794. The number of hydrogen-bond acceptors (Lipinski definition) is 3. The summed E-state index contributed by atoms with van der Waals surface area (Å²) in [5.41, 5.74) is 0.123. The van der Waals surface area contributed by atoms with E-state index in [2.05, 4.69) is 25.8 Å². The first-order chi connectivity index (χ1) is 5.95. The monoisotopic (exact) mass is 199 g/mol. The third-order valence-electron chi connectivity index (χ3n) is 1.92. The van der Waals surface area contributed by atoms with Crippen molar-refractivity contribution in [2.75, 3.05) is 6.61 Å². The van der Waals surface area contributed by atoms with Crippen LogP contribution in [0.5, 0.6) is 0 Å². The molecule has 0 aliphatic heterocycles. The first-order valence-corrected chi connectivity index (χ1v) is 5.34. The minimum absolute atomic E-state index is 0.123. The molecule has 0 fully saturated rings. The van der Waals surface area contributed by atoms with Crippen molar-refractivity contribution in [1.82, 2.24) is 4.98 Å². The van der Waals surface area contributed by atoms with E-state index in [9.17, 15) is 0 Å². The summed E-state index contributed by atoms with van der Waals surface area (Å²) in [7, 11) is 0. The van der Waals surface area contributed by atoms with Crippen LogP contribution < -0.4 is 0 Å². The maximum absolute atomic E-state index is 8.98. The fourth-order valence-corrected chi connectivity index (χ4v) is 1.97. The standard InChI is InChI=1S/C10H17NOS/c1-7(6-12)8-5-11-9(13-8)10(2,3)4/h5,7,12H,6H2,1-4H3. The molecule has 0 aliphatic rings. The third-order valence-corrected chi connectivity index (χ3v) is 3.58. The van der Waals surface area contributed by atoms with E-state index >= 15 is 0 Å². The molecule has 0 saturated carbocycles. The van der Waals surface area contributed by atoms with Gasteiger partial charge in [0.15, 0.2) is 0 Å². The van der Waals surface area contributed by atoms with Crippen LogP contribution in [0.1, 0.15) is 43.5 Å². The van der Waals surface area contributed by atoms with Gasteiger partial charge in [0.05, 0.1) is 11.6 Å². The molecule has 0 radical (unpaired) electrons. The van der Waals surface area contributed by atoms with E-state index in [0.717, 1.165) is 5.01 Å². The molecule has 0 amide bonds. The summed E-state index contributed by atoms with van der Waals surface area (Å²) in [6.45, 7) is 8.67. The van der Waals surface area contributed by atoms with Crippen molar-refractivity contribution >= 4 is 11.3 Å². The highest BCUT2D eigenvalue weighted by Gasteiger charge is 2.19. The van der Waals surface area contributed by atoms with Gasteiger partial charge >= 0.3 is 0 Å². The van der Waals surface area contributed by atoms with Crippen LogP contribution in [0.15, 0.2) is 6.20 Å². The Balaban J connectivity index is 2.87. The van der Waals surface area contributed by atoms with Crippen molar-refractivity contribution in [2.45, 2.75) is 39.0 Å². The van der Waals surface area contributed by atoms with Gasteiger partial charge < -0.3 is 5.11 Å². The van der Waals surface area contributed by atoms with Gasteiger partial charge in [0.25, 0.3) is 0 Å². The van der Waals surface area contributed by atoms with E-state index in [4.69, 9.17) is 5.11 Å². The van der Waals surface area contributed by atoms with Gasteiger partial charge in [-0.2, -0.15) is 0 Å². The summed E-state index contributed by atoms with van der Waals surface area (Å²) in [5.74, 6) is 0.216. The lowest BCUT2D eigenvalue weighted by molar-refractivity contribution is 0.274. The topological polar surface area (TPSA) is 33.1 Å². The first kappa shape index (κ1) is 10.7. The maximum atomic E-state index is 8.98. The normalized spacial score (nSPS) is 14.5. The van der Waals surface area contributed by atoms with E-state index in [0.29, 0.717) is 0 Å². The zero-order valence-electron chi connectivity index (χ0n) is 8.66. The molecule has 0 aliphatic carbocycles. The van der Waals surface area contributed by atoms with Gasteiger partial charge in [0.1, 0.15) is 0 Å². The summed E-state index contributed by atoms with van der Waals surface area (Å²) in [5, 5.41) is 10.1. The molecule has 1 heterocycles. The van der Waals surface area contributed by atoms with Crippen molar-refractivity contribution in [3.63, 3.8) is 0 Å². The van der Waals surface area contributed by atoms with Crippen LogP contribution >= 0.6 is 11.3 Å². The van der Waals surface area contributed by atoms with E-state index in [1.165, 1.54) is 4.88 Å². The predicted molar refractivity (Wildman–Crippen MR) is 56.3 cm³/mol. The van der Waals surface area contributed by atoms with Crippen molar-refractivity contribution in [1.29, 1.82) is 0 Å². The Labute approximate surface area is 83.6 Å². The number of nitrogens with zero attached hydrogens (tertiary/aromatic N) is 1. The molecule has 1 aromatic heterocycles. The first-order valence-electron chi connectivity index (χ1n) is 4.52. The second-order valence-electron chi connectivity index (χ2n) is 4.40. The number of rotatable bonds is 2. The van der Waals surface area contributed by atoms with Crippen molar-refractivity contribution in [2.24, 2.45) is 0 Å². The van der Waals surface area contributed by atoms with Gasteiger partial charge in [0, 0.05) is 22.4 Å². The van der Waals surface area contributed by atoms with Crippen LogP contribution in [-0.4, -0.2) is 16.7 Å². The molecule has 1 rings (SSSR count). The third kappa shape index (κ3) is 2.51. The summed E-state index contributed by atoms with van der Waals surface area (Å²) < 4.78 is 0. The molecule has 0 bridgehead atoms. The molecule has 0 spiro atoms. The van der Waals surface area contributed by atoms with Gasteiger partial charge in [-0.1, -0.05) is 27.7 Å². The number of thiazole rings is 1. The lowest BCUT2D eigenvalue weighted by Gasteiger charge is -2.13. The lowest BCUT2D eigenvalue weighted by atomic mass is 9.98. The van der Waals surface area contributed by atoms with Gasteiger partial charge in [-0.05, 0) is 0 Å². The van der Waals surface area contributed by atoms with Crippen LogP contribution in [0, 0.1) is 0 Å².